The van der Waals surface area contributed by atoms with Gasteiger partial charge < -0.3 is 15.5 Å². The molecule has 1 heterocycles. The Morgan fingerprint density at radius 2 is 2.19 bits per heavy atom. The molecule has 0 aliphatic rings. The fraction of sp³-hybridized carbons (Fsp3) is 0.333. The van der Waals surface area contributed by atoms with Gasteiger partial charge in [-0.2, -0.15) is 0 Å². The van der Waals surface area contributed by atoms with Crippen molar-refractivity contribution in [2.45, 2.75) is 19.4 Å². The van der Waals surface area contributed by atoms with E-state index in [-0.39, 0.29) is 11.9 Å². The molecule has 0 saturated heterocycles. The second kappa shape index (κ2) is 7.01. The molecule has 1 unspecified atom stereocenters. The number of amides is 1. The zero-order valence-corrected chi connectivity index (χ0v) is 12.2. The van der Waals surface area contributed by atoms with Crippen LogP contribution in [0.25, 0.3) is 10.9 Å². The number of carbonyl (C=O) groups is 1. The number of fused-ring (bicyclic) bond motifs is 1. The number of para-hydroxylation sites is 1. The van der Waals surface area contributed by atoms with Crippen molar-refractivity contribution in [2.75, 3.05) is 19.1 Å². The lowest BCUT2D eigenvalue weighted by Crippen LogP contribution is -2.33. The van der Waals surface area contributed by atoms with Crippen LogP contribution in [0.2, 0.25) is 0 Å². The van der Waals surface area contributed by atoms with E-state index < -0.39 is 0 Å². The summed E-state index contributed by atoms with van der Waals surface area (Å²) in [5.74, 6) is 5.73. The third-order valence-corrected chi connectivity index (χ3v) is 3.24. The van der Waals surface area contributed by atoms with Crippen molar-refractivity contribution in [3.63, 3.8) is 0 Å². The van der Waals surface area contributed by atoms with Crippen molar-refractivity contribution in [1.29, 1.82) is 0 Å². The summed E-state index contributed by atoms with van der Waals surface area (Å²) in [5.41, 5.74) is 3.77. The largest absolute Gasteiger partial charge is 0.385 e. The van der Waals surface area contributed by atoms with Crippen LogP contribution in [0.4, 0.5) is 5.82 Å². The zero-order valence-electron chi connectivity index (χ0n) is 12.2. The molecule has 1 atom stereocenters. The number of rotatable bonds is 6. The summed E-state index contributed by atoms with van der Waals surface area (Å²) in [6.07, 6.45) is 0.757. The summed E-state index contributed by atoms with van der Waals surface area (Å²) < 4.78 is 5.02. The van der Waals surface area contributed by atoms with Crippen LogP contribution in [-0.2, 0) is 4.74 Å². The number of nitrogens with zero attached hydrogens (tertiary/aromatic N) is 1. The summed E-state index contributed by atoms with van der Waals surface area (Å²) in [6.45, 7) is 2.55. The highest BCUT2D eigenvalue weighted by molar-refractivity contribution is 6.07. The van der Waals surface area contributed by atoms with Gasteiger partial charge in [0.25, 0.3) is 5.91 Å². The summed E-state index contributed by atoms with van der Waals surface area (Å²) in [4.78, 5) is 16.8. The van der Waals surface area contributed by atoms with Gasteiger partial charge in [-0.05, 0) is 25.5 Å². The minimum Gasteiger partial charge on any atom is -0.385 e. The molecule has 0 spiro atoms. The highest BCUT2D eigenvalue weighted by atomic mass is 16.5. The third-order valence-electron chi connectivity index (χ3n) is 3.24. The maximum Gasteiger partial charge on any atom is 0.252 e. The van der Waals surface area contributed by atoms with Gasteiger partial charge in [0, 0.05) is 25.1 Å². The predicted octanol–water partition coefficient (Wildman–Crippen LogP) is 1.68. The Kier molecular flexibility index (Phi) is 5.08. The molecule has 0 aliphatic carbocycles. The second-order valence-corrected chi connectivity index (χ2v) is 4.87. The first-order valence-corrected chi connectivity index (χ1v) is 6.82. The molecule has 2 aromatic rings. The van der Waals surface area contributed by atoms with E-state index in [1.807, 2.05) is 31.2 Å². The van der Waals surface area contributed by atoms with Gasteiger partial charge in [0.2, 0.25) is 0 Å². The van der Waals surface area contributed by atoms with Crippen molar-refractivity contribution in [3.05, 3.63) is 35.9 Å². The molecule has 1 aromatic carbocycles. The van der Waals surface area contributed by atoms with Gasteiger partial charge in [0.15, 0.2) is 0 Å². The maximum atomic E-state index is 12.5. The van der Waals surface area contributed by atoms with Crippen LogP contribution in [0.3, 0.4) is 0 Å². The van der Waals surface area contributed by atoms with Crippen LogP contribution in [0.15, 0.2) is 30.3 Å². The first-order valence-electron chi connectivity index (χ1n) is 6.82. The molecule has 1 aromatic heterocycles. The molecule has 0 fully saturated rings. The Balaban J connectivity index is 2.29. The van der Waals surface area contributed by atoms with Crippen LogP contribution in [-0.4, -0.2) is 30.6 Å². The average molecular weight is 288 g/mol. The lowest BCUT2D eigenvalue weighted by atomic mass is 10.1. The van der Waals surface area contributed by atoms with Crippen LogP contribution in [0.1, 0.15) is 23.7 Å². The minimum absolute atomic E-state index is 0.0265. The zero-order chi connectivity index (χ0) is 15.2. The number of nitrogens with two attached hydrogens (primary N) is 1. The molecule has 2 rings (SSSR count). The molecule has 6 nitrogen and oxygen atoms in total. The lowest BCUT2D eigenvalue weighted by molar-refractivity contribution is 0.0931. The van der Waals surface area contributed by atoms with Crippen molar-refractivity contribution >= 4 is 22.6 Å². The smallest absolute Gasteiger partial charge is 0.252 e. The van der Waals surface area contributed by atoms with E-state index in [0.29, 0.717) is 18.0 Å². The monoisotopic (exact) mass is 288 g/mol. The number of benzene rings is 1. The number of hydrogen-bond acceptors (Lipinski definition) is 5. The first kappa shape index (κ1) is 15.2. The van der Waals surface area contributed by atoms with Crippen LogP contribution >= 0.6 is 0 Å². The molecule has 1 amide bonds. The summed E-state index contributed by atoms with van der Waals surface area (Å²) in [5, 5.41) is 3.76. The number of hydrazine groups is 1. The number of carbonyl (C=O) groups excluding carboxylic acids is 1. The van der Waals surface area contributed by atoms with Crippen LogP contribution in [0, 0.1) is 0 Å². The number of methoxy groups -OCH3 is 1. The van der Waals surface area contributed by atoms with E-state index in [1.54, 1.807) is 13.2 Å². The molecule has 0 saturated carbocycles. The van der Waals surface area contributed by atoms with Gasteiger partial charge in [-0.3, -0.25) is 4.79 Å². The highest BCUT2D eigenvalue weighted by Gasteiger charge is 2.14. The Morgan fingerprint density at radius 1 is 1.43 bits per heavy atom. The topological polar surface area (TPSA) is 89.3 Å². The Bertz CT molecular complexity index is 630. The van der Waals surface area contributed by atoms with E-state index in [1.165, 1.54) is 0 Å². The summed E-state index contributed by atoms with van der Waals surface area (Å²) in [6, 6.07) is 9.15. The van der Waals surface area contributed by atoms with Gasteiger partial charge in [0.05, 0.1) is 11.1 Å². The molecule has 0 radical (unpaired) electrons. The average Bonchev–Trinajstić information content (AvgIpc) is 2.51. The Labute approximate surface area is 123 Å². The normalized spacial score (nSPS) is 12.1. The number of nitrogen functional groups attached to an aromatic ring is 1. The molecule has 21 heavy (non-hydrogen) atoms. The van der Waals surface area contributed by atoms with E-state index in [9.17, 15) is 4.79 Å². The molecule has 0 aliphatic heterocycles. The van der Waals surface area contributed by atoms with Gasteiger partial charge in [-0.25, -0.2) is 10.8 Å². The van der Waals surface area contributed by atoms with Crippen molar-refractivity contribution in [1.82, 2.24) is 10.3 Å². The van der Waals surface area contributed by atoms with E-state index >= 15 is 0 Å². The van der Waals surface area contributed by atoms with Crippen molar-refractivity contribution in [3.8, 4) is 0 Å². The van der Waals surface area contributed by atoms with Gasteiger partial charge in [0.1, 0.15) is 5.82 Å². The van der Waals surface area contributed by atoms with Crippen LogP contribution in [0.5, 0.6) is 0 Å². The summed E-state index contributed by atoms with van der Waals surface area (Å²) in [7, 11) is 1.64. The van der Waals surface area contributed by atoms with Crippen molar-refractivity contribution < 1.29 is 9.53 Å². The standard InChI is InChI=1S/C15H20N4O2/c1-10(7-8-21-2)17-15(20)12-9-14(19-16)18-13-6-4-3-5-11(12)13/h3-6,9-10H,7-8,16H2,1-2H3,(H,17,20)(H,18,19). The number of ether oxygens (including phenoxy) is 1. The van der Waals surface area contributed by atoms with Crippen LogP contribution < -0.4 is 16.6 Å². The molecule has 6 heteroatoms. The number of hydrogen-bond donors (Lipinski definition) is 3. The van der Waals surface area contributed by atoms with E-state index in [2.05, 4.69) is 15.7 Å². The highest BCUT2D eigenvalue weighted by Crippen LogP contribution is 2.20. The van der Waals surface area contributed by atoms with Crippen molar-refractivity contribution in [2.24, 2.45) is 5.84 Å². The van der Waals surface area contributed by atoms with E-state index in [0.717, 1.165) is 17.3 Å². The fourth-order valence-corrected chi connectivity index (χ4v) is 2.11. The maximum absolute atomic E-state index is 12.5. The number of pyridine rings is 1. The lowest BCUT2D eigenvalue weighted by Gasteiger charge is -2.15. The first-order chi connectivity index (χ1) is 10.2. The van der Waals surface area contributed by atoms with E-state index in [4.69, 9.17) is 10.6 Å². The molecule has 0 bridgehead atoms. The number of aromatic nitrogens is 1. The van der Waals surface area contributed by atoms with Gasteiger partial charge >= 0.3 is 0 Å². The number of anilines is 1. The number of nitrogens with one attached hydrogen (secondary N) is 2. The second-order valence-electron chi connectivity index (χ2n) is 4.87. The Hall–Kier alpha value is -2.18. The minimum atomic E-state index is -0.145. The molecule has 112 valence electrons. The molecule has 4 N–H and O–H groups in total. The fourth-order valence-electron chi connectivity index (χ4n) is 2.11. The summed E-state index contributed by atoms with van der Waals surface area (Å²) >= 11 is 0. The predicted molar refractivity (Wildman–Crippen MR) is 83.0 cm³/mol. The Morgan fingerprint density at radius 3 is 2.90 bits per heavy atom. The molecular weight excluding hydrogens is 268 g/mol. The molecular formula is C15H20N4O2. The van der Waals surface area contributed by atoms with Gasteiger partial charge in [-0.15, -0.1) is 0 Å². The quantitative estimate of drug-likeness (QED) is 0.556. The third kappa shape index (κ3) is 3.68. The SMILES string of the molecule is COCCC(C)NC(=O)c1cc(NN)nc2ccccc12. The van der Waals surface area contributed by atoms with Gasteiger partial charge in [-0.1, -0.05) is 18.2 Å².